The van der Waals surface area contributed by atoms with Crippen molar-refractivity contribution in [2.75, 3.05) is 13.1 Å². The van der Waals surface area contributed by atoms with Crippen molar-refractivity contribution in [3.63, 3.8) is 0 Å². The number of para-hydroxylation sites is 1. The Kier molecular flexibility index (Phi) is 4.53. The van der Waals surface area contributed by atoms with Gasteiger partial charge in [0.05, 0.1) is 0 Å². The van der Waals surface area contributed by atoms with Crippen molar-refractivity contribution in [1.82, 2.24) is 4.90 Å². The Morgan fingerprint density at radius 2 is 1.86 bits per heavy atom. The molecule has 1 aliphatic heterocycles. The molecule has 110 valence electrons. The average Bonchev–Trinajstić information content (AvgIpc) is 2.49. The molecule has 0 amide bonds. The zero-order valence-electron chi connectivity index (χ0n) is 12.2. The van der Waals surface area contributed by atoms with Gasteiger partial charge in [-0.05, 0) is 49.2 Å². The van der Waals surface area contributed by atoms with Crippen LogP contribution in [-0.2, 0) is 6.54 Å². The molecule has 1 aliphatic rings. The zero-order chi connectivity index (χ0) is 14.5. The van der Waals surface area contributed by atoms with E-state index in [4.69, 9.17) is 10.5 Å². The smallest absolute Gasteiger partial charge is 0.127 e. The van der Waals surface area contributed by atoms with Crippen LogP contribution in [0.2, 0.25) is 0 Å². The number of hydrogen-bond acceptors (Lipinski definition) is 3. The Bertz CT molecular complexity index is 570. The van der Waals surface area contributed by atoms with E-state index in [2.05, 4.69) is 23.1 Å². The number of nitrogens with zero attached hydrogens (tertiary/aromatic N) is 1. The SMILES string of the molecule is NC1CCCN(Cc2cccc(Oc3ccccc3)c2)C1. The lowest BCUT2D eigenvalue weighted by Crippen LogP contribution is -2.42. The maximum atomic E-state index is 6.04. The first-order valence-corrected chi connectivity index (χ1v) is 7.59. The summed E-state index contributed by atoms with van der Waals surface area (Å²) in [7, 11) is 0. The minimum absolute atomic E-state index is 0.322. The van der Waals surface area contributed by atoms with Gasteiger partial charge in [-0.2, -0.15) is 0 Å². The van der Waals surface area contributed by atoms with E-state index in [0.29, 0.717) is 6.04 Å². The summed E-state index contributed by atoms with van der Waals surface area (Å²) >= 11 is 0. The molecule has 3 rings (SSSR count). The number of nitrogens with two attached hydrogens (primary N) is 1. The number of rotatable bonds is 4. The van der Waals surface area contributed by atoms with Crippen molar-refractivity contribution < 1.29 is 4.74 Å². The largest absolute Gasteiger partial charge is 0.457 e. The van der Waals surface area contributed by atoms with E-state index >= 15 is 0 Å². The first kappa shape index (κ1) is 14.1. The molecule has 1 saturated heterocycles. The van der Waals surface area contributed by atoms with Crippen LogP contribution in [-0.4, -0.2) is 24.0 Å². The number of piperidine rings is 1. The van der Waals surface area contributed by atoms with Crippen LogP contribution in [0.5, 0.6) is 11.5 Å². The second-order valence-corrected chi connectivity index (χ2v) is 5.70. The summed E-state index contributed by atoms with van der Waals surface area (Å²) in [4.78, 5) is 2.43. The minimum Gasteiger partial charge on any atom is -0.457 e. The van der Waals surface area contributed by atoms with Crippen LogP contribution in [0.25, 0.3) is 0 Å². The van der Waals surface area contributed by atoms with Gasteiger partial charge in [0.1, 0.15) is 11.5 Å². The van der Waals surface area contributed by atoms with Crippen molar-refractivity contribution in [3.05, 3.63) is 60.2 Å². The van der Waals surface area contributed by atoms with Gasteiger partial charge in [0, 0.05) is 19.1 Å². The molecule has 1 heterocycles. The van der Waals surface area contributed by atoms with E-state index < -0.39 is 0 Å². The van der Waals surface area contributed by atoms with Crippen LogP contribution in [0.15, 0.2) is 54.6 Å². The molecule has 1 unspecified atom stereocenters. The third-order valence-electron chi connectivity index (χ3n) is 3.83. The molecule has 2 aromatic rings. The summed E-state index contributed by atoms with van der Waals surface area (Å²) in [6.07, 6.45) is 2.34. The predicted octanol–water partition coefficient (Wildman–Crippen LogP) is 3.40. The van der Waals surface area contributed by atoms with E-state index in [0.717, 1.165) is 37.6 Å². The number of hydrogen-bond donors (Lipinski definition) is 1. The van der Waals surface area contributed by atoms with Crippen molar-refractivity contribution in [2.24, 2.45) is 5.73 Å². The highest BCUT2D eigenvalue weighted by Gasteiger charge is 2.16. The number of benzene rings is 2. The van der Waals surface area contributed by atoms with E-state index in [9.17, 15) is 0 Å². The summed E-state index contributed by atoms with van der Waals surface area (Å²) in [6, 6.07) is 18.5. The maximum Gasteiger partial charge on any atom is 0.127 e. The van der Waals surface area contributed by atoms with E-state index in [-0.39, 0.29) is 0 Å². The predicted molar refractivity (Wildman–Crippen MR) is 85.4 cm³/mol. The normalized spacial score (nSPS) is 19.4. The highest BCUT2D eigenvalue weighted by molar-refractivity contribution is 5.33. The van der Waals surface area contributed by atoms with Crippen molar-refractivity contribution in [1.29, 1.82) is 0 Å². The van der Waals surface area contributed by atoms with Gasteiger partial charge in [-0.15, -0.1) is 0 Å². The molecular weight excluding hydrogens is 260 g/mol. The van der Waals surface area contributed by atoms with Crippen molar-refractivity contribution >= 4 is 0 Å². The van der Waals surface area contributed by atoms with Gasteiger partial charge in [-0.1, -0.05) is 30.3 Å². The van der Waals surface area contributed by atoms with Gasteiger partial charge in [-0.25, -0.2) is 0 Å². The molecule has 3 nitrogen and oxygen atoms in total. The van der Waals surface area contributed by atoms with Crippen LogP contribution in [0.4, 0.5) is 0 Å². The molecule has 3 heteroatoms. The highest BCUT2D eigenvalue weighted by atomic mass is 16.5. The lowest BCUT2D eigenvalue weighted by molar-refractivity contribution is 0.201. The molecule has 0 saturated carbocycles. The molecule has 1 fully saturated rings. The summed E-state index contributed by atoms with van der Waals surface area (Å²) in [5.41, 5.74) is 7.32. The third-order valence-corrected chi connectivity index (χ3v) is 3.83. The molecular formula is C18H22N2O. The molecule has 0 radical (unpaired) electrons. The topological polar surface area (TPSA) is 38.5 Å². The third kappa shape index (κ3) is 4.06. The van der Waals surface area contributed by atoms with Gasteiger partial charge >= 0.3 is 0 Å². The monoisotopic (exact) mass is 282 g/mol. The maximum absolute atomic E-state index is 6.04. The standard InChI is InChI=1S/C18H22N2O/c19-16-7-5-11-20(14-16)13-15-6-4-10-18(12-15)21-17-8-2-1-3-9-17/h1-4,6,8-10,12,16H,5,7,11,13-14,19H2. The summed E-state index contributed by atoms with van der Waals surface area (Å²) in [5.74, 6) is 1.76. The number of ether oxygens (including phenoxy) is 1. The van der Waals surface area contributed by atoms with Crippen LogP contribution >= 0.6 is 0 Å². The molecule has 2 N–H and O–H groups in total. The van der Waals surface area contributed by atoms with Gasteiger partial charge in [0.15, 0.2) is 0 Å². The Morgan fingerprint density at radius 1 is 1.05 bits per heavy atom. The second kappa shape index (κ2) is 6.74. The van der Waals surface area contributed by atoms with Gasteiger partial charge in [0.2, 0.25) is 0 Å². The number of likely N-dealkylation sites (tertiary alicyclic amines) is 1. The Morgan fingerprint density at radius 3 is 2.67 bits per heavy atom. The van der Waals surface area contributed by atoms with E-state index in [1.807, 2.05) is 36.4 Å². The highest BCUT2D eigenvalue weighted by Crippen LogP contribution is 2.23. The van der Waals surface area contributed by atoms with Gasteiger partial charge in [-0.3, -0.25) is 4.90 Å². The molecule has 0 aromatic heterocycles. The lowest BCUT2D eigenvalue weighted by Gasteiger charge is -2.30. The van der Waals surface area contributed by atoms with Crippen molar-refractivity contribution in [2.45, 2.75) is 25.4 Å². The second-order valence-electron chi connectivity index (χ2n) is 5.70. The van der Waals surface area contributed by atoms with Crippen LogP contribution < -0.4 is 10.5 Å². The van der Waals surface area contributed by atoms with Crippen molar-refractivity contribution in [3.8, 4) is 11.5 Å². The van der Waals surface area contributed by atoms with Crippen LogP contribution in [0, 0.1) is 0 Å². The van der Waals surface area contributed by atoms with Gasteiger partial charge in [0.25, 0.3) is 0 Å². The Balaban J connectivity index is 1.65. The summed E-state index contributed by atoms with van der Waals surface area (Å²) < 4.78 is 5.89. The van der Waals surface area contributed by atoms with Crippen LogP contribution in [0.1, 0.15) is 18.4 Å². The zero-order valence-corrected chi connectivity index (χ0v) is 12.2. The lowest BCUT2D eigenvalue weighted by atomic mass is 10.1. The molecule has 0 spiro atoms. The molecule has 21 heavy (non-hydrogen) atoms. The summed E-state index contributed by atoms with van der Waals surface area (Å²) in [6.45, 7) is 3.07. The van der Waals surface area contributed by atoms with E-state index in [1.54, 1.807) is 0 Å². The first-order chi connectivity index (χ1) is 10.3. The molecule has 0 aliphatic carbocycles. The fourth-order valence-electron chi connectivity index (χ4n) is 2.83. The fourth-order valence-corrected chi connectivity index (χ4v) is 2.83. The quantitative estimate of drug-likeness (QED) is 0.934. The first-order valence-electron chi connectivity index (χ1n) is 7.59. The minimum atomic E-state index is 0.322. The van der Waals surface area contributed by atoms with Gasteiger partial charge < -0.3 is 10.5 Å². The average molecular weight is 282 g/mol. The van der Waals surface area contributed by atoms with Crippen LogP contribution in [0.3, 0.4) is 0 Å². The van der Waals surface area contributed by atoms with E-state index in [1.165, 1.54) is 12.0 Å². The fraction of sp³-hybridized carbons (Fsp3) is 0.333. The Hall–Kier alpha value is -1.84. The molecule has 2 aromatic carbocycles. The summed E-state index contributed by atoms with van der Waals surface area (Å²) in [5, 5.41) is 0. The Labute approximate surface area is 126 Å². The molecule has 1 atom stereocenters. The molecule has 0 bridgehead atoms.